The highest BCUT2D eigenvalue weighted by atomic mass is 16.1. The second kappa shape index (κ2) is 4.93. The topological polar surface area (TPSA) is 60.9 Å². The molecule has 1 aromatic heterocycles. The number of rotatable bonds is 3. The molecule has 0 saturated carbocycles. The molecule has 17 heavy (non-hydrogen) atoms. The largest absolute Gasteiger partial charge is 0.326 e. The number of hydrogen-bond donors (Lipinski definition) is 1. The van der Waals surface area contributed by atoms with Gasteiger partial charge in [0, 0.05) is 18.3 Å². The van der Waals surface area contributed by atoms with E-state index in [0.29, 0.717) is 13.1 Å². The molecule has 0 aliphatic heterocycles. The molecule has 88 valence electrons. The van der Waals surface area contributed by atoms with Gasteiger partial charge < -0.3 is 5.73 Å². The Labute approximate surface area is 99.7 Å². The van der Waals surface area contributed by atoms with Gasteiger partial charge >= 0.3 is 0 Å². The Kier molecular flexibility index (Phi) is 3.35. The third-order valence-electron chi connectivity index (χ3n) is 2.60. The van der Waals surface area contributed by atoms with Gasteiger partial charge in [-0.15, -0.1) is 0 Å². The van der Waals surface area contributed by atoms with Crippen molar-refractivity contribution in [2.24, 2.45) is 5.73 Å². The van der Waals surface area contributed by atoms with Crippen LogP contribution in [0.25, 0.3) is 0 Å². The zero-order valence-corrected chi connectivity index (χ0v) is 9.76. The number of benzene rings is 1. The van der Waals surface area contributed by atoms with E-state index in [1.165, 1.54) is 6.07 Å². The fourth-order valence-electron chi connectivity index (χ4n) is 1.69. The highest BCUT2D eigenvalue weighted by Crippen LogP contribution is 2.05. The van der Waals surface area contributed by atoms with E-state index in [9.17, 15) is 4.79 Å². The Morgan fingerprint density at radius 2 is 2.06 bits per heavy atom. The molecule has 0 aliphatic rings. The van der Waals surface area contributed by atoms with Gasteiger partial charge in [-0.1, -0.05) is 24.3 Å². The number of hydrogen-bond acceptors (Lipinski definition) is 3. The van der Waals surface area contributed by atoms with Gasteiger partial charge in [0.25, 0.3) is 5.56 Å². The van der Waals surface area contributed by atoms with Gasteiger partial charge in [0.2, 0.25) is 0 Å². The number of nitrogens with zero attached hydrogens (tertiary/aromatic N) is 2. The van der Waals surface area contributed by atoms with Crippen LogP contribution >= 0.6 is 0 Å². The maximum atomic E-state index is 11.7. The van der Waals surface area contributed by atoms with E-state index < -0.39 is 0 Å². The van der Waals surface area contributed by atoms with Gasteiger partial charge in [-0.2, -0.15) is 0 Å². The van der Waals surface area contributed by atoms with Crippen molar-refractivity contribution in [3.8, 4) is 0 Å². The lowest BCUT2D eigenvalue weighted by molar-refractivity contribution is 0.729. The predicted molar refractivity (Wildman–Crippen MR) is 66.7 cm³/mol. The molecule has 0 radical (unpaired) electrons. The second-order valence-corrected chi connectivity index (χ2v) is 4.02. The molecular weight excluding hydrogens is 214 g/mol. The van der Waals surface area contributed by atoms with Crippen LogP contribution in [-0.2, 0) is 13.1 Å². The van der Waals surface area contributed by atoms with Gasteiger partial charge in [0.15, 0.2) is 0 Å². The lowest BCUT2D eigenvalue weighted by atomic mass is 10.1. The van der Waals surface area contributed by atoms with Crippen LogP contribution in [0.2, 0.25) is 0 Å². The van der Waals surface area contributed by atoms with Gasteiger partial charge in [0.1, 0.15) is 0 Å². The SMILES string of the molecule is Cc1cc(=O)n(Cc2cccc(CN)c2)cn1. The van der Waals surface area contributed by atoms with Gasteiger partial charge in [0.05, 0.1) is 12.9 Å². The van der Waals surface area contributed by atoms with E-state index in [1.54, 1.807) is 17.8 Å². The Morgan fingerprint density at radius 3 is 2.76 bits per heavy atom. The minimum Gasteiger partial charge on any atom is -0.326 e. The van der Waals surface area contributed by atoms with Crippen molar-refractivity contribution >= 4 is 0 Å². The van der Waals surface area contributed by atoms with Crippen molar-refractivity contribution in [1.29, 1.82) is 0 Å². The van der Waals surface area contributed by atoms with E-state index in [-0.39, 0.29) is 5.56 Å². The highest BCUT2D eigenvalue weighted by molar-refractivity contribution is 5.23. The first-order valence-electron chi connectivity index (χ1n) is 5.50. The van der Waals surface area contributed by atoms with E-state index >= 15 is 0 Å². The summed E-state index contributed by atoms with van der Waals surface area (Å²) in [6.45, 7) is 2.84. The zero-order chi connectivity index (χ0) is 12.3. The highest BCUT2D eigenvalue weighted by Gasteiger charge is 1.99. The fraction of sp³-hybridized carbons (Fsp3) is 0.231. The Hall–Kier alpha value is -1.94. The molecular formula is C13H15N3O. The summed E-state index contributed by atoms with van der Waals surface area (Å²) in [5, 5.41) is 0. The lowest BCUT2D eigenvalue weighted by Crippen LogP contribution is -2.20. The van der Waals surface area contributed by atoms with Crippen LogP contribution in [0.15, 0.2) is 41.5 Å². The molecule has 2 aromatic rings. The van der Waals surface area contributed by atoms with Crippen LogP contribution in [0.3, 0.4) is 0 Å². The van der Waals surface area contributed by atoms with E-state index in [0.717, 1.165) is 16.8 Å². The lowest BCUT2D eigenvalue weighted by Gasteiger charge is -2.06. The first-order chi connectivity index (χ1) is 8.19. The maximum Gasteiger partial charge on any atom is 0.253 e. The average Bonchev–Trinajstić information content (AvgIpc) is 2.33. The zero-order valence-electron chi connectivity index (χ0n) is 9.76. The summed E-state index contributed by atoms with van der Waals surface area (Å²) in [4.78, 5) is 15.8. The Morgan fingerprint density at radius 1 is 1.29 bits per heavy atom. The molecule has 0 aliphatic carbocycles. The summed E-state index contributed by atoms with van der Waals surface area (Å²) in [5.74, 6) is 0. The Balaban J connectivity index is 2.28. The molecule has 4 nitrogen and oxygen atoms in total. The minimum absolute atomic E-state index is 0.0318. The van der Waals surface area contributed by atoms with Crippen molar-refractivity contribution in [2.45, 2.75) is 20.0 Å². The quantitative estimate of drug-likeness (QED) is 0.856. The first kappa shape index (κ1) is 11.5. The predicted octanol–water partition coefficient (Wildman–Crippen LogP) is 1.06. The summed E-state index contributed by atoms with van der Waals surface area (Å²) in [5.41, 5.74) is 8.41. The number of aryl methyl sites for hydroxylation is 1. The molecule has 0 fully saturated rings. The van der Waals surface area contributed by atoms with Gasteiger partial charge in [-0.3, -0.25) is 9.36 Å². The van der Waals surface area contributed by atoms with Gasteiger partial charge in [-0.25, -0.2) is 4.98 Å². The van der Waals surface area contributed by atoms with Crippen LogP contribution in [0.1, 0.15) is 16.8 Å². The summed E-state index contributed by atoms with van der Waals surface area (Å²) >= 11 is 0. The van der Waals surface area contributed by atoms with Crippen molar-refractivity contribution in [1.82, 2.24) is 9.55 Å². The van der Waals surface area contributed by atoms with Crippen molar-refractivity contribution in [2.75, 3.05) is 0 Å². The van der Waals surface area contributed by atoms with E-state index in [1.807, 2.05) is 24.3 Å². The molecule has 0 bridgehead atoms. The molecule has 0 amide bonds. The minimum atomic E-state index is -0.0318. The van der Waals surface area contributed by atoms with Crippen molar-refractivity contribution < 1.29 is 0 Å². The smallest absolute Gasteiger partial charge is 0.253 e. The molecule has 0 atom stereocenters. The molecule has 1 aromatic carbocycles. The molecule has 0 unspecified atom stereocenters. The third-order valence-corrected chi connectivity index (χ3v) is 2.60. The summed E-state index contributed by atoms with van der Waals surface area (Å²) in [7, 11) is 0. The van der Waals surface area contributed by atoms with Gasteiger partial charge in [-0.05, 0) is 18.1 Å². The van der Waals surface area contributed by atoms with Crippen LogP contribution in [0.5, 0.6) is 0 Å². The van der Waals surface area contributed by atoms with Crippen LogP contribution in [0, 0.1) is 6.92 Å². The van der Waals surface area contributed by atoms with Crippen LogP contribution < -0.4 is 11.3 Å². The first-order valence-corrected chi connectivity index (χ1v) is 5.50. The standard InChI is InChI=1S/C13H15N3O/c1-10-5-13(17)16(9-15-10)8-12-4-2-3-11(6-12)7-14/h2-6,9H,7-8,14H2,1H3. The fourth-order valence-corrected chi connectivity index (χ4v) is 1.69. The van der Waals surface area contributed by atoms with E-state index in [2.05, 4.69) is 4.98 Å². The molecule has 0 saturated heterocycles. The molecule has 4 heteroatoms. The number of aromatic nitrogens is 2. The number of nitrogens with two attached hydrogens (primary N) is 1. The average molecular weight is 229 g/mol. The van der Waals surface area contributed by atoms with Crippen molar-refractivity contribution in [3.05, 3.63) is 63.8 Å². The summed E-state index contributed by atoms with van der Waals surface area (Å²) < 4.78 is 1.59. The van der Waals surface area contributed by atoms with Crippen LogP contribution in [-0.4, -0.2) is 9.55 Å². The summed E-state index contributed by atoms with van der Waals surface area (Å²) in [6.07, 6.45) is 1.58. The van der Waals surface area contributed by atoms with Crippen LogP contribution in [0.4, 0.5) is 0 Å². The Bertz CT molecular complexity index is 575. The normalized spacial score (nSPS) is 10.5. The molecule has 0 spiro atoms. The van der Waals surface area contributed by atoms with E-state index in [4.69, 9.17) is 5.73 Å². The molecule has 2 rings (SSSR count). The molecule has 2 N–H and O–H groups in total. The monoisotopic (exact) mass is 229 g/mol. The molecule has 1 heterocycles. The second-order valence-electron chi connectivity index (χ2n) is 4.02. The van der Waals surface area contributed by atoms with Crippen molar-refractivity contribution in [3.63, 3.8) is 0 Å². The maximum absolute atomic E-state index is 11.7. The summed E-state index contributed by atoms with van der Waals surface area (Å²) in [6, 6.07) is 9.44. The third kappa shape index (κ3) is 2.79.